The Morgan fingerprint density at radius 2 is 1.92 bits per heavy atom. The quantitative estimate of drug-likeness (QED) is 0.520. The van der Waals surface area contributed by atoms with Crippen LogP contribution in [0.4, 0.5) is 4.39 Å². The van der Waals surface area contributed by atoms with E-state index < -0.39 is 6.67 Å². The number of nitrogens with zero attached hydrogens (tertiary/aromatic N) is 3. The third kappa shape index (κ3) is 2.91. The molecule has 0 unspecified atom stereocenters. The first-order valence-corrected chi connectivity index (χ1v) is 8.37. The van der Waals surface area contributed by atoms with Crippen molar-refractivity contribution < 1.29 is 4.39 Å². The smallest absolute Gasteiger partial charge is 0.115 e. The van der Waals surface area contributed by atoms with E-state index in [1.54, 1.807) is 6.20 Å². The van der Waals surface area contributed by atoms with Gasteiger partial charge in [0.05, 0.1) is 23.1 Å². The number of hydrogen-bond donors (Lipinski definition) is 0. The number of hydrogen-bond acceptors (Lipinski definition) is 2. The van der Waals surface area contributed by atoms with E-state index in [2.05, 4.69) is 29.1 Å². The number of aromatic nitrogens is 3. The number of pyridine rings is 1. The van der Waals surface area contributed by atoms with E-state index in [1.165, 1.54) is 5.56 Å². The Balaban J connectivity index is 1.78. The van der Waals surface area contributed by atoms with Crippen LogP contribution in [0.1, 0.15) is 18.1 Å². The SMILES string of the molecule is CCc1cccc(-n2cc(-c3cc(CF)c4ccccc4n3)cn2)c1. The molecule has 0 aliphatic carbocycles. The highest BCUT2D eigenvalue weighted by Crippen LogP contribution is 2.26. The van der Waals surface area contributed by atoms with E-state index in [0.29, 0.717) is 5.56 Å². The van der Waals surface area contributed by atoms with Gasteiger partial charge in [-0.3, -0.25) is 0 Å². The van der Waals surface area contributed by atoms with E-state index in [4.69, 9.17) is 0 Å². The molecule has 0 atom stereocenters. The molecular formula is C21H18FN3. The van der Waals surface area contributed by atoms with Crippen LogP contribution in [0.25, 0.3) is 27.8 Å². The maximum Gasteiger partial charge on any atom is 0.115 e. The first-order chi connectivity index (χ1) is 12.3. The molecule has 124 valence electrons. The molecule has 4 aromatic rings. The molecule has 0 N–H and O–H groups in total. The summed E-state index contributed by atoms with van der Waals surface area (Å²) in [5.74, 6) is 0. The van der Waals surface area contributed by atoms with Gasteiger partial charge in [-0.2, -0.15) is 5.10 Å². The topological polar surface area (TPSA) is 30.7 Å². The van der Waals surface area contributed by atoms with Crippen LogP contribution < -0.4 is 0 Å². The minimum atomic E-state index is -0.511. The van der Waals surface area contributed by atoms with E-state index in [-0.39, 0.29) is 0 Å². The van der Waals surface area contributed by atoms with Crippen LogP contribution in [-0.4, -0.2) is 14.8 Å². The van der Waals surface area contributed by atoms with Gasteiger partial charge in [0.25, 0.3) is 0 Å². The summed E-state index contributed by atoms with van der Waals surface area (Å²) in [5.41, 5.74) is 5.34. The van der Waals surface area contributed by atoms with Crippen molar-refractivity contribution in [2.45, 2.75) is 20.0 Å². The van der Waals surface area contributed by atoms with Crippen LogP contribution in [0.15, 0.2) is 67.0 Å². The van der Waals surface area contributed by atoms with Crippen LogP contribution in [0.5, 0.6) is 0 Å². The summed E-state index contributed by atoms with van der Waals surface area (Å²) < 4.78 is 15.3. The van der Waals surface area contributed by atoms with Gasteiger partial charge in [0.1, 0.15) is 6.67 Å². The third-order valence-corrected chi connectivity index (χ3v) is 4.41. The Labute approximate surface area is 145 Å². The van der Waals surface area contributed by atoms with E-state index in [1.807, 2.05) is 53.3 Å². The molecular weight excluding hydrogens is 313 g/mol. The van der Waals surface area contributed by atoms with E-state index in [9.17, 15) is 4.39 Å². The summed E-state index contributed by atoms with van der Waals surface area (Å²) in [6.07, 6.45) is 4.69. The molecule has 2 aromatic carbocycles. The van der Waals surface area contributed by atoms with Gasteiger partial charge in [-0.15, -0.1) is 0 Å². The average molecular weight is 331 g/mol. The van der Waals surface area contributed by atoms with Gasteiger partial charge in [0.2, 0.25) is 0 Å². The van der Waals surface area contributed by atoms with Crippen LogP contribution >= 0.6 is 0 Å². The Bertz CT molecular complexity index is 1040. The second-order valence-electron chi connectivity index (χ2n) is 6.01. The number of halogens is 1. The molecule has 0 saturated heterocycles. The number of fused-ring (bicyclic) bond motifs is 1. The highest BCUT2D eigenvalue weighted by molar-refractivity contribution is 5.85. The molecule has 4 heteroatoms. The molecule has 0 aliphatic rings. The molecule has 0 aliphatic heterocycles. The molecule has 0 amide bonds. The zero-order valence-electron chi connectivity index (χ0n) is 14.0. The van der Waals surface area contributed by atoms with Crippen molar-refractivity contribution in [2.24, 2.45) is 0 Å². The fraction of sp³-hybridized carbons (Fsp3) is 0.143. The van der Waals surface area contributed by atoms with Gasteiger partial charge in [-0.1, -0.05) is 37.3 Å². The minimum absolute atomic E-state index is 0.511. The molecule has 25 heavy (non-hydrogen) atoms. The van der Waals surface area contributed by atoms with Gasteiger partial charge in [-0.25, -0.2) is 14.1 Å². The zero-order chi connectivity index (χ0) is 17.2. The van der Waals surface area contributed by atoms with Crippen molar-refractivity contribution in [2.75, 3.05) is 0 Å². The molecule has 2 aromatic heterocycles. The van der Waals surface area contributed by atoms with Crippen molar-refractivity contribution in [1.29, 1.82) is 0 Å². The normalized spacial score (nSPS) is 11.1. The van der Waals surface area contributed by atoms with Crippen molar-refractivity contribution in [3.8, 4) is 16.9 Å². The van der Waals surface area contributed by atoms with Gasteiger partial charge in [-0.05, 0) is 41.8 Å². The molecule has 0 radical (unpaired) electrons. The summed E-state index contributed by atoms with van der Waals surface area (Å²) in [4.78, 5) is 4.67. The molecule has 0 spiro atoms. The first-order valence-electron chi connectivity index (χ1n) is 8.37. The predicted molar refractivity (Wildman–Crippen MR) is 98.5 cm³/mol. The van der Waals surface area contributed by atoms with E-state index >= 15 is 0 Å². The van der Waals surface area contributed by atoms with E-state index in [0.717, 1.165) is 34.3 Å². The summed E-state index contributed by atoms with van der Waals surface area (Å²) in [5, 5.41) is 5.31. The van der Waals surface area contributed by atoms with Gasteiger partial charge >= 0.3 is 0 Å². The molecule has 0 bridgehead atoms. The lowest BCUT2D eigenvalue weighted by Crippen LogP contribution is -1.95. The summed E-state index contributed by atoms with van der Waals surface area (Å²) in [7, 11) is 0. The lowest BCUT2D eigenvalue weighted by atomic mass is 10.1. The lowest BCUT2D eigenvalue weighted by molar-refractivity contribution is 0.488. The van der Waals surface area contributed by atoms with Crippen LogP contribution in [0, 0.1) is 0 Å². The summed E-state index contributed by atoms with van der Waals surface area (Å²) >= 11 is 0. The highest BCUT2D eigenvalue weighted by Gasteiger charge is 2.10. The Kier molecular flexibility index (Phi) is 4.02. The van der Waals surface area contributed by atoms with Crippen molar-refractivity contribution in [1.82, 2.24) is 14.8 Å². The summed E-state index contributed by atoms with van der Waals surface area (Å²) in [6, 6.07) is 17.7. The first kappa shape index (κ1) is 15.5. The third-order valence-electron chi connectivity index (χ3n) is 4.41. The highest BCUT2D eigenvalue weighted by atomic mass is 19.1. The van der Waals surface area contributed by atoms with Crippen molar-refractivity contribution >= 4 is 10.9 Å². The summed E-state index contributed by atoms with van der Waals surface area (Å²) in [6.45, 7) is 1.62. The van der Waals surface area contributed by atoms with Gasteiger partial charge in [0.15, 0.2) is 0 Å². The number of aryl methyl sites for hydroxylation is 1. The standard InChI is InChI=1S/C21H18FN3/c1-2-15-6-5-7-18(10-15)25-14-17(13-23-25)21-11-16(12-22)19-8-3-4-9-20(19)24-21/h3-11,13-14H,2,12H2,1H3. The zero-order valence-corrected chi connectivity index (χ0v) is 14.0. The molecule has 2 heterocycles. The van der Waals surface area contributed by atoms with Crippen LogP contribution in [0.2, 0.25) is 0 Å². The Morgan fingerprint density at radius 3 is 2.76 bits per heavy atom. The number of alkyl halides is 1. The lowest BCUT2D eigenvalue weighted by Gasteiger charge is -2.06. The van der Waals surface area contributed by atoms with Gasteiger partial charge < -0.3 is 0 Å². The van der Waals surface area contributed by atoms with Crippen molar-refractivity contribution in [3.05, 3.63) is 78.1 Å². The fourth-order valence-corrected chi connectivity index (χ4v) is 3.02. The largest absolute Gasteiger partial charge is 0.248 e. The fourth-order valence-electron chi connectivity index (χ4n) is 3.02. The maximum atomic E-state index is 13.5. The van der Waals surface area contributed by atoms with Crippen LogP contribution in [0.3, 0.4) is 0 Å². The van der Waals surface area contributed by atoms with Crippen molar-refractivity contribution in [3.63, 3.8) is 0 Å². The Hall–Kier alpha value is -3.01. The number of benzene rings is 2. The molecule has 3 nitrogen and oxygen atoms in total. The predicted octanol–water partition coefficient (Wildman–Crippen LogP) is 5.12. The second kappa shape index (κ2) is 6.48. The molecule has 0 saturated carbocycles. The molecule has 4 rings (SSSR count). The number of para-hydroxylation sites is 1. The number of rotatable bonds is 4. The monoisotopic (exact) mass is 331 g/mol. The van der Waals surface area contributed by atoms with Crippen LogP contribution in [-0.2, 0) is 13.1 Å². The van der Waals surface area contributed by atoms with Gasteiger partial charge in [0, 0.05) is 17.1 Å². The average Bonchev–Trinajstić information content (AvgIpc) is 3.17. The second-order valence-corrected chi connectivity index (χ2v) is 6.01. The Morgan fingerprint density at radius 1 is 1.04 bits per heavy atom. The maximum absolute atomic E-state index is 13.5. The minimum Gasteiger partial charge on any atom is -0.248 e. The molecule has 0 fully saturated rings.